The zero-order valence-corrected chi connectivity index (χ0v) is 17.4. The predicted octanol–water partition coefficient (Wildman–Crippen LogP) is 2.88. The van der Waals surface area contributed by atoms with Crippen molar-refractivity contribution in [3.8, 4) is 0 Å². The summed E-state index contributed by atoms with van der Waals surface area (Å²) < 4.78 is 5.27. The Labute approximate surface area is 169 Å². The van der Waals surface area contributed by atoms with Crippen LogP contribution in [0.4, 0.5) is 10.5 Å². The number of carbonyl (C=O) groups excluding carboxylic acids is 3. The van der Waals surface area contributed by atoms with Crippen LogP contribution in [0.3, 0.4) is 0 Å². The highest BCUT2D eigenvalue weighted by Crippen LogP contribution is 2.37. The second kappa shape index (κ2) is 7.62. The Hall–Kier alpha value is -2.28. The molecule has 2 aliphatic heterocycles. The Balaban J connectivity index is 1.64. The third kappa shape index (κ3) is 4.58. The lowest BCUT2D eigenvalue weighted by Gasteiger charge is -2.41. The number of benzene rings is 1. The normalized spacial score (nSPS) is 20.5. The largest absolute Gasteiger partial charge is 0.444 e. The molecule has 1 aromatic carbocycles. The molecular weight excluding hydrogens is 382 g/mol. The van der Waals surface area contributed by atoms with E-state index in [1.54, 1.807) is 0 Å². The van der Waals surface area contributed by atoms with Gasteiger partial charge in [0.25, 0.3) is 0 Å². The van der Waals surface area contributed by atoms with Crippen molar-refractivity contribution < 1.29 is 19.1 Å². The van der Waals surface area contributed by atoms with Crippen molar-refractivity contribution in [2.75, 3.05) is 18.0 Å². The molecule has 2 fully saturated rings. The molecule has 3 rings (SSSR count). The summed E-state index contributed by atoms with van der Waals surface area (Å²) in [5.74, 6) is -0.937. The third-order valence-electron chi connectivity index (χ3n) is 4.88. The molecule has 0 radical (unpaired) electrons. The summed E-state index contributed by atoms with van der Waals surface area (Å²) in [6, 6.07) is 3.86. The molecule has 0 aromatic heterocycles. The van der Waals surface area contributed by atoms with Gasteiger partial charge in [-0.25, -0.2) is 4.79 Å². The fourth-order valence-corrected chi connectivity index (χ4v) is 3.98. The van der Waals surface area contributed by atoms with Crippen molar-refractivity contribution >= 4 is 35.2 Å². The number of amides is 3. The molecule has 28 heavy (non-hydrogen) atoms. The van der Waals surface area contributed by atoms with Crippen LogP contribution in [0.15, 0.2) is 12.1 Å². The Kier molecular flexibility index (Phi) is 5.57. The smallest absolute Gasteiger partial charge is 0.407 e. The van der Waals surface area contributed by atoms with Crippen molar-refractivity contribution in [2.24, 2.45) is 0 Å². The van der Waals surface area contributed by atoms with Crippen LogP contribution >= 0.6 is 11.6 Å². The minimum Gasteiger partial charge on any atom is -0.444 e. The SMILES string of the molecule is Cc1cc(N2CC(NC(=O)OC(C)(C)C)C2)cc(Cl)c1C1CCC(=O)NC1=O. The van der Waals surface area contributed by atoms with Crippen LogP contribution in [-0.4, -0.2) is 42.6 Å². The van der Waals surface area contributed by atoms with E-state index in [4.69, 9.17) is 16.3 Å². The number of nitrogens with zero attached hydrogens (tertiary/aromatic N) is 1. The van der Waals surface area contributed by atoms with Gasteiger partial charge in [-0.3, -0.25) is 14.9 Å². The summed E-state index contributed by atoms with van der Waals surface area (Å²) in [7, 11) is 0. The number of imide groups is 1. The second-order valence-corrected chi connectivity index (χ2v) is 8.82. The zero-order valence-electron chi connectivity index (χ0n) is 16.6. The maximum Gasteiger partial charge on any atom is 0.407 e. The first-order chi connectivity index (χ1) is 13.0. The van der Waals surface area contributed by atoms with Gasteiger partial charge in [-0.2, -0.15) is 0 Å². The summed E-state index contributed by atoms with van der Waals surface area (Å²) in [6.07, 6.45) is 0.369. The number of carbonyl (C=O) groups is 3. The molecular formula is C20H26ClN3O4. The molecule has 152 valence electrons. The third-order valence-corrected chi connectivity index (χ3v) is 5.19. The van der Waals surface area contributed by atoms with Gasteiger partial charge in [-0.15, -0.1) is 0 Å². The van der Waals surface area contributed by atoms with Gasteiger partial charge in [0.05, 0.1) is 12.0 Å². The molecule has 0 spiro atoms. The van der Waals surface area contributed by atoms with E-state index < -0.39 is 17.6 Å². The van der Waals surface area contributed by atoms with Gasteiger partial charge in [0.2, 0.25) is 11.8 Å². The number of piperidine rings is 1. The lowest BCUT2D eigenvalue weighted by atomic mass is 9.87. The number of hydrogen-bond donors (Lipinski definition) is 2. The topological polar surface area (TPSA) is 87.7 Å². The average molecular weight is 408 g/mol. The van der Waals surface area contributed by atoms with E-state index in [9.17, 15) is 14.4 Å². The Morgan fingerprint density at radius 3 is 2.54 bits per heavy atom. The molecule has 1 aromatic rings. The van der Waals surface area contributed by atoms with Crippen molar-refractivity contribution in [3.05, 3.63) is 28.3 Å². The molecule has 3 amide bonds. The van der Waals surface area contributed by atoms with Gasteiger partial charge in [-0.1, -0.05) is 11.6 Å². The van der Waals surface area contributed by atoms with Crippen molar-refractivity contribution in [2.45, 2.75) is 58.1 Å². The molecule has 7 nitrogen and oxygen atoms in total. The molecule has 0 saturated carbocycles. The van der Waals surface area contributed by atoms with E-state index in [0.717, 1.165) is 16.8 Å². The lowest BCUT2D eigenvalue weighted by molar-refractivity contribution is -0.134. The van der Waals surface area contributed by atoms with Crippen LogP contribution in [0.25, 0.3) is 0 Å². The number of rotatable bonds is 3. The minimum absolute atomic E-state index is 0.0174. The molecule has 8 heteroatoms. The van der Waals surface area contributed by atoms with E-state index in [2.05, 4.69) is 15.5 Å². The van der Waals surface area contributed by atoms with Gasteiger partial charge in [0, 0.05) is 30.2 Å². The maximum atomic E-state index is 12.2. The van der Waals surface area contributed by atoms with Crippen LogP contribution in [0.1, 0.15) is 50.7 Å². The molecule has 1 atom stereocenters. The molecule has 0 aliphatic carbocycles. The van der Waals surface area contributed by atoms with Crippen LogP contribution in [0, 0.1) is 6.92 Å². The Bertz CT molecular complexity index is 789. The molecule has 1 unspecified atom stereocenters. The first-order valence-electron chi connectivity index (χ1n) is 9.41. The fourth-order valence-electron chi connectivity index (χ4n) is 3.58. The number of halogens is 1. The highest BCUT2D eigenvalue weighted by Gasteiger charge is 2.33. The van der Waals surface area contributed by atoms with Crippen LogP contribution in [0.5, 0.6) is 0 Å². The summed E-state index contributed by atoms with van der Waals surface area (Å²) in [6.45, 7) is 8.72. The number of nitrogens with one attached hydrogen (secondary N) is 2. The molecule has 2 saturated heterocycles. The first kappa shape index (κ1) is 20.5. The van der Waals surface area contributed by atoms with Gasteiger partial charge in [-0.05, 0) is 57.4 Å². The molecule has 0 bridgehead atoms. The second-order valence-electron chi connectivity index (χ2n) is 8.41. The van der Waals surface area contributed by atoms with Crippen molar-refractivity contribution in [3.63, 3.8) is 0 Å². The van der Waals surface area contributed by atoms with Gasteiger partial charge < -0.3 is 15.0 Å². The quantitative estimate of drug-likeness (QED) is 0.752. The number of alkyl carbamates (subject to hydrolysis) is 1. The Morgan fingerprint density at radius 1 is 1.29 bits per heavy atom. The summed E-state index contributed by atoms with van der Waals surface area (Å²) in [5, 5.41) is 5.76. The lowest BCUT2D eigenvalue weighted by Crippen LogP contribution is -2.60. The summed E-state index contributed by atoms with van der Waals surface area (Å²) in [5.41, 5.74) is 2.12. The van der Waals surface area contributed by atoms with Gasteiger partial charge in [0.15, 0.2) is 0 Å². The van der Waals surface area contributed by atoms with E-state index in [-0.39, 0.29) is 17.9 Å². The van der Waals surface area contributed by atoms with Crippen LogP contribution < -0.4 is 15.5 Å². The number of anilines is 1. The van der Waals surface area contributed by atoms with Gasteiger partial charge in [0.1, 0.15) is 5.60 Å². The fraction of sp³-hybridized carbons (Fsp3) is 0.550. The van der Waals surface area contributed by atoms with Crippen molar-refractivity contribution in [1.82, 2.24) is 10.6 Å². The highest BCUT2D eigenvalue weighted by atomic mass is 35.5. The maximum absolute atomic E-state index is 12.2. The Morgan fingerprint density at radius 2 is 1.96 bits per heavy atom. The zero-order chi connectivity index (χ0) is 20.6. The summed E-state index contributed by atoms with van der Waals surface area (Å²) >= 11 is 6.51. The van der Waals surface area contributed by atoms with E-state index >= 15 is 0 Å². The number of hydrogen-bond acceptors (Lipinski definition) is 5. The number of aryl methyl sites for hydroxylation is 1. The monoisotopic (exact) mass is 407 g/mol. The standard InChI is InChI=1S/C20H26ClN3O4/c1-11-7-13(24-9-12(10-24)22-19(27)28-20(2,3)4)8-15(21)17(11)14-5-6-16(25)23-18(14)26/h7-8,12,14H,5-6,9-10H2,1-4H3,(H,22,27)(H,23,25,26). The predicted molar refractivity (Wildman–Crippen MR) is 107 cm³/mol. The van der Waals surface area contributed by atoms with Crippen LogP contribution in [-0.2, 0) is 14.3 Å². The summed E-state index contributed by atoms with van der Waals surface area (Å²) in [4.78, 5) is 37.5. The van der Waals surface area contributed by atoms with Crippen LogP contribution in [0.2, 0.25) is 5.02 Å². The van der Waals surface area contributed by atoms with E-state index in [1.165, 1.54) is 0 Å². The minimum atomic E-state index is -0.524. The average Bonchev–Trinajstić information content (AvgIpc) is 2.50. The number of ether oxygens (including phenoxy) is 1. The van der Waals surface area contributed by atoms with E-state index in [1.807, 2.05) is 39.8 Å². The van der Waals surface area contributed by atoms with E-state index in [0.29, 0.717) is 31.0 Å². The molecule has 2 aliphatic rings. The van der Waals surface area contributed by atoms with Gasteiger partial charge >= 0.3 is 6.09 Å². The molecule has 2 heterocycles. The molecule has 2 N–H and O–H groups in total. The van der Waals surface area contributed by atoms with Crippen molar-refractivity contribution in [1.29, 1.82) is 0 Å². The first-order valence-corrected chi connectivity index (χ1v) is 9.79. The highest BCUT2D eigenvalue weighted by molar-refractivity contribution is 6.32.